The maximum absolute atomic E-state index is 15.3. The Morgan fingerprint density at radius 2 is 2.05 bits per heavy atom. The molecule has 3 saturated heterocycles. The summed E-state index contributed by atoms with van der Waals surface area (Å²) in [5, 5.41) is 2.79. The van der Waals surface area contributed by atoms with E-state index in [1.165, 1.54) is 6.20 Å². The van der Waals surface area contributed by atoms with E-state index in [0.29, 0.717) is 72.9 Å². The minimum Gasteiger partial charge on any atom is -0.480 e. The normalized spacial score (nSPS) is 26.8. The van der Waals surface area contributed by atoms with Crippen LogP contribution in [0.4, 0.5) is 10.2 Å². The van der Waals surface area contributed by atoms with Gasteiger partial charge in [-0.2, -0.15) is 0 Å². The van der Waals surface area contributed by atoms with E-state index in [9.17, 15) is 4.79 Å². The summed E-state index contributed by atoms with van der Waals surface area (Å²) >= 11 is 0. The molecule has 2 bridgehead atoms. The molecule has 0 radical (unpaired) electrons. The lowest BCUT2D eigenvalue weighted by Gasteiger charge is -2.52. The van der Waals surface area contributed by atoms with Gasteiger partial charge in [0, 0.05) is 30.3 Å². The highest BCUT2D eigenvalue weighted by Gasteiger charge is 2.45. The number of aromatic nitrogens is 3. The van der Waals surface area contributed by atoms with Crippen molar-refractivity contribution < 1.29 is 28.1 Å². The molecule has 1 saturated carbocycles. The highest BCUT2D eigenvalue weighted by atomic mass is 19.1. The Kier molecular flexibility index (Phi) is 6.93. The van der Waals surface area contributed by atoms with Gasteiger partial charge in [-0.05, 0) is 50.3 Å². The van der Waals surface area contributed by atoms with Gasteiger partial charge < -0.3 is 30.0 Å². The average Bonchev–Trinajstić information content (AvgIpc) is 3.00. The second-order valence-corrected chi connectivity index (χ2v) is 11.3. The van der Waals surface area contributed by atoms with Crippen LogP contribution in [0.2, 0.25) is 0 Å². The van der Waals surface area contributed by atoms with Crippen molar-refractivity contribution in [2.24, 2.45) is 5.73 Å². The number of hydrogen-bond donors (Lipinski definition) is 2. The third-order valence-corrected chi connectivity index (χ3v) is 8.75. The van der Waals surface area contributed by atoms with Gasteiger partial charge in [-0.15, -0.1) is 0 Å². The van der Waals surface area contributed by atoms with Gasteiger partial charge in [0.1, 0.15) is 18.5 Å². The molecule has 1 aliphatic carbocycles. The monoisotopic (exact) mass is 564 g/mol. The summed E-state index contributed by atoms with van der Waals surface area (Å²) in [7, 11) is 0. The number of hydrogen-bond acceptors (Lipinski definition) is 10. The summed E-state index contributed by atoms with van der Waals surface area (Å²) < 4.78 is 38.2. The number of nitrogens with two attached hydrogens (primary N) is 1. The Morgan fingerprint density at radius 3 is 2.80 bits per heavy atom. The van der Waals surface area contributed by atoms with Crippen LogP contribution in [0.3, 0.4) is 0 Å². The van der Waals surface area contributed by atoms with E-state index in [-0.39, 0.29) is 36.8 Å². The molecule has 0 spiro atoms. The summed E-state index contributed by atoms with van der Waals surface area (Å²) in [6, 6.07) is 7.23. The molecule has 7 heterocycles. The van der Waals surface area contributed by atoms with Crippen LogP contribution in [0.5, 0.6) is 11.6 Å². The molecule has 41 heavy (non-hydrogen) atoms. The second kappa shape index (κ2) is 10.8. The number of carbonyl (C=O) groups is 1. The van der Waals surface area contributed by atoms with Crippen molar-refractivity contribution in [3.05, 3.63) is 47.5 Å². The summed E-state index contributed by atoms with van der Waals surface area (Å²) in [6.07, 6.45) is 5.82. The largest absolute Gasteiger partial charge is 0.480 e. The number of ether oxygens (including phenoxy) is 4. The molecule has 12 heteroatoms. The first-order valence-corrected chi connectivity index (χ1v) is 14.2. The van der Waals surface area contributed by atoms with Crippen LogP contribution in [0.15, 0.2) is 30.5 Å². The fourth-order valence-electron chi connectivity index (χ4n) is 6.22. The molecule has 3 N–H and O–H groups in total. The average molecular weight is 565 g/mol. The summed E-state index contributed by atoms with van der Waals surface area (Å²) in [6.45, 7) is 2.49. The first kappa shape index (κ1) is 26.4. The molecular formula is C29H33FN6O5. The van der Waals surface area contributed by atoms with Crippen LogP contribution in [0.25, 0.3) is 11.0 Å². The van der Waals surface area contributed by atoms with E-state index in [2.05, 4.69) is 20.2 Å². The number of amides is 1. The highest BCUT2D eigenvalue weighted by Crippen LogP contribution is 2.41. The molecule has 216 valence electrons. The van der Waals surface area contributed by atoms with E-state index in [4.69, 9.17) is 29.7 Å². The maximum Gasteiger partial charge on any atom is 0.263 e. The van der Waals surface area contributed by atoms with Crippen molar-refractivity contribution in [3.63, 3.8) is 0 Å². The smallest absolute Gasteiger partial charge is 0.263 e. The number of rotatable bonds is 9. The number of pyridine rings is 3. The first-order chi connectivity index (χ1) is 20.0. The van der Waals surface area contributed by atoms with Gasteiger partial charge in [-0.25, -0.2) is 14.4 Å². The van der Waals surface area contributed by atoms with E-state index in [0.717, 1.165) is 31.4 Å². The first-order valence-electron chi connectivity index (χ1n) is 14.2. The quantitative estimate of drug-likeness (QED) is 0.399. The lowest BCUT2D eigenvalue weighted by molar-refractivity contribution is -0.138. The maximum atomic E-state index is 15.3. The van der Waals surface area contributed by atoms with E-state index in [1.807, 2.05) is 12.1 Å². The van der Waals surface area contributed by atoms with Gasteiger partial charge in [0.05, 0.1) is 48.3 Å². The van der Waals surface area contributed by atoms with Crippen molar-refractivity contribution in [1.29, 1.82) is 0 Å². The molecule has 8 rings (SSSR count). The van der Waals surface area contributed by atoms with Gasteiger partial charge in [-0.1, -0.05) is 0 Å². The summed E-state index contributed by atoms with van der Waals surface area (Å²) in [5.41, 5.74) is 8.13. The Morgan fingerprint density at radius 1 is 1.17 bits per heavy atom. The number of anilines is 1. The Bertz CT molecular complexity index is 1450. The Balaban J connectivity index is 1.15. The standard InChI is InChI=1S/C29H33FN6O5/c30-20-11-32-22-2-4-26(40-14-24-21(31)13-38-24)35-27(22)19(20)7-10-36(29-8-5-18(6-9-29)41-16-29)12-17-1-3-23-28(33-17)34-25(37)15-39-23/h1-4,11,18,21,24H,5-10,12-16,31H2,(H,33,34,37)/t18?,21-,24+,29?/m1/s1. The zero-order valence-electron chi connectivity index (χ0n) is 22.7. The van der Waals surface area contributed by atoms with Gasteiger partial charge in [-0.3, -0.25) is 14.7 Å². The molecule has 11 nitrogen and oxygen atoms in total. The van der Waals surface area contributed by atoms with E-state index >= 15 is 4.39 Å². The van der Waals surface area contributed by atoms with Crippen molar-refractivity contribution in [3.8, 4) is 11.6 Å². The van der Waals surface area contributed by atoms with Crippen molar-refractivity contribution in [2.75, 3.05) is 38.3 Å². The van der Waals surface area contributed by atoms with E-state index < -0.39 is 5.82 Å². The molecule has 0 aromatic carbocycles. The summed E-state index contributed by atoms with van der Waals surface area (Å²) in [4.78, 5) is 27.8. The highest BCUT2D eigenvalue weighted by molar-refractivity contribution is 5.94. The number of halogens is 1. The van der Waals surface area contributed by atoms with Gasteiger partial charge in [0.15, 0.2) is 18.2 Å². The molecule has 3 aromatic rings. The fraction of sp³-hybridized carbons (Fsp3) is 0.517. The third kappa shape index (κ3) is 5.21. The minimum absolute atomic E-state index is 0.0179. The number of nitrogens with zero attached hydrogens (tertiary/aromatic N) is 4. The van der Waals surface area contributed by atoms with Crippen molar-refractivity contribution >= 4 is 22.8 Å². The Labute approximate surface area is 236 Å². The molecule has 4 fully saturated rings. The fourth-order valence-corrected chi connectivity index (χ4v) is 6.22. The zero-order valence-corrected chi connectivity index (χ0v) is 22.7. The molecule has 3 aromatic heterocycles. The van der Waals surface area contributed by atoms with Crippen LogP contribution in [-0.2, 0) is 27.2 Å². The zero-order chi connectivity index (χ0) is 28.0. The molecule has 5 aliphatic rings. The Hall–Kier alpha value is -3.45. The lowest BCUT2D eigenvalue weighted by Crippen LogP contribution is -2.59. The van der Waals surface area contributed by atoms with E-state index in [1.54, 1.807) is 12.1 Å². The van der Waals surface area contributed by atoms with Gasteiger partial charge >= 0.3 is 0 Å². The number of nitrogens with one attached hydrogen (secondary N) is 1. The molecule has 4 aliphatic heterocycles. The van der Waals surface area contributed by atoms with Crippen LogP contribution in [0.1, 0.15) is 36.9 Å². The van der Waals surface area contributed by atoms with Gasteiger partial charge in [0.25, 0.3) is 5.91 Å². The topological polar surface area (TPSA) is 134 Å². The number of carbonyl (C=O) groups excluding carboxylic acids is 1. The van der Waals surface area contributed by atoms with Gasteiger partial charge in [0.2, 0.25) is 5.88 Å². The molecular weight excluding hydrogens is 531 g/mol. The van der Waals surface area contributed by atoms with Crippen LogP contribution >= 0.6 is 0 Å². The van der Waals surface area contributed by atoms with Crippen molar-refractivity contribution in [2.45, 2.75) is 62.4 Å². The molecule has 2 atom stereocenters. The van der Waals surface area contributed by atoms with Crippen LogP contribution < -0.4 is 20.5 Å². The van der Waals surface area contributed by atoms with Crippen molar-refractivity contribution in [1.82, 2.24) is 19.9 Å². The molecule has 1 amide bonds. The van der Waals surface area contributed by atoms with Crippen LogP contribution in [0, 0.1) is 5.82 Å². The van der Waals surface area contributed by atoms with Crippen LogP contribution in [-0.4, -0.2) is 82.5 Å². The third-order valence-electron chi connectivity index (χ3n) is 8.75. The SMILES string of the molecule is N[C@@H]1CO[C@H]1COc1ccc2ncc(F)c(CCN(Cc3ccc4c(n3)NC(=O)CO4)C34CCC(CC3)OC4)c2n1. The summed E-state index contributed by atoms with van der Waals surface area (Å²) in [5.74, 6) is 0.733. The predicted octanol–water partition coefficient (Wildman–Crippen LogP) is 2.36. The minimum atomic E-state index is -0.403. The molecule has 0 unspecified atom stereocenters. The lowest BCUT2D eigenvalue weighted by atomic mass is 9.76. The number of fused-ring (bicyclic) bond motifs is 5. The second-order valence-electron chi connectivity index (χ2n) is 11.3. The predicted molar refractivity (Wildman–Crippen MR) is 146 cm³/mol.